The minimum absolute atomic E-state index is 0.138. The highest BCUT2D eigenvalue weighted by Gasteiger charge is 2.35. The highest BCUT2D eigenvalue weighted by molar-refractivity contribution is 5.98. The molecule has 1 N–H and O–H groups in total. The molecule has 7 nitrogen and oxygen atoms in total. The zero-order valence-electron chi connectivity index (χ0n) is 15.0. The fraction of sp³-hybridized carbons (Fsp3) is 0.263. The molecule has 4 rings (SSSR count). The molecule has 26 heavy (non-hydrogen) atoms. The Hall–Kier alpha value is -3.06. The summed E-state index contributed by atoms with van der Waals surface area (Å²) in [6, 6.07) is 13.4. The molecule has 0 bridgehead atoms. The quantitative estimate of drug-likeness (QED) is 0.787. The summed E-state index contributed by atoms with van der Waals surface area (Å²) in [5.41, 5.74) is 4.86. The van der Waals surface area contributed by atoms with E-state index in [2.05, 4.69) is 20.8 Å². The summed E-state index contributed by atoms with van der Waals surface area (Å²) in [5, 5.41) is 15.2. The van der Waals surface area contributed by atoms with Crippen LogP contribution in [0, 0.1) is 13.8 Å². The lowest BCUT2D eigenvalue weighted by atomic mass is 10.1. The van der Waals surface area contributed by atoms with Gasteiger partial charge in [0, 0.05) is 6.54 Å². The van der Waals surface area contributed by atoms with Gasteiger partial charge in [0.15, 0.2) is 11.9 Å². The first-order chi connectivity index (χ1) is 12.5. The van der Waals surface area contributed by atoms with E-state index in [0.717, 1.165) is 28.1 Å². The van der Waals surface area contributed by atoms with Crippen molar-refractivity contribution >= 4 is 11.6 Å². The third kappa shape index (κ3) is 2.76. The first-order valence-electron chi connectivity index (χ1n) is 8.49. The molecule has 1 atom stereocenters. The van der Waals surface area contributed by atoms with Crippen molar-refractivity contribution in [1.29, 1.82) is 0 Å². The zero-order valence-corrected chi connectivity index (χ0v) is 15.0. The van der Waals surface area contributed by atoms with E-state index < -0.39 is 6.04 Å². The number of hydrogen-bond donors (Lipinski definition) is 1. The molecule has 0 aliphatic carbocycles. The van der Waals surface area contributed by atoms with Crippen LogP contribution in [0.15, 0.2) is 42.5 Å². The molecule has 7 heteroatoms. The number of aromatic nitrogens is 4. The fourth-order valence-corrected chi connectivity index (χ4v) is 3.29. The molecule has 2 heterocycles. The Bertz CT molecular complexity index is 965. The number of likely N-dealkylation sites (N-methyl/N-ethyl adjacent to an activating group) is 1. The molecule has 0 spiro atoms. The molecule has 1 aliphatic rings. The van der Waals surface area contributed by atoms with Crippen molar-refractivity contribution in [3.63, 3.8) is 0 Å². The van der Waals surface area contributed by atoms with Gasteiger partial charge in [-0.15, -0.1) is 5.10 Å². The Labute approximate surface area is 151 Å². The number of benzene rings is 2. The van der Waals surface area contributed by atoms with Gasteiger partial charge >= 0.3 is 0 Å². The molecule has 0 saturated heterocycles. The molecule has 0 radical (unpaired) electrons. The standard InChI is InChI=1S/C19H20N6O/c1-12-9-15-16(10-13(12)2)25-18(21-22-23-25)17(19(26)20-15)24(3)11-14-7-5-4-6-8-14/h4-10,17H,11H2,1-3H3,(H,20,26). The summed E-state index contributed by atoms with van der Waals surface area (Å²) >= 11 is 0. The minimum Gasteiger partial charge on any atom is -0.322 e. The number of anilines is 1. The second kappa shape index (κ2) is 6.34. The van der Waals surface area contributed by atoms with Gasteiger partial charge in [-0.3, -0.25) is 9.69 Å². The van der Waals surface area contributed by atoms with Crippen molar-refractivity contribution in [2.75, 3.05) is 12.4 Å². The number of nitrogens with zero attached hydrogens (tertiary/aromatic N) is 5. The van der Waals surface area contributed by atoms with Gasteiger partial charge in [-0.2, -0.15) is 4.68 Å². The SMILES string of the molecule is Cc1cc2c(cc1C)-n1nnnc1C(N(C)Cc1ccccc1)C(=O)N2. The van der Waals surface area contributed by atoms with E-state index in [1.54, 1.807) is 4.68 Å². The number of carbonyl (C=O) groups is 1. The lowest BCUT2D eigenvalue weighted by Gasteiger charge is -2.24. The number of hydrogen-bond acceptors (Lipinski definition) is 5. The lowest BCUT2D eigenvalue weighted by molar-refractivity contribution is -0.121. The van der Waals surface area contributed by atoms with Crippen LogP contribution in [-0.2, 0) is 11.3 Å². The van der Waals surface area contributed by atoms with E-state index in [-0.39, 0.29) is 5.91 Å². The minimum atomic E-state index is -0.585. The normalized spacial score (nSPS) is 16.0. The summed E-state index contributed by atoms with van der Waals surface area (Å²) in [7, 11) is 1.91. The van der Waals surface area contributed by atoms with Crippen LogP contribution in [0.5, 0.6) is 0 Å². The van der Waals surface area contributed by atoms with E-state index in [4.69, 9.17) is 0 Å². The summed E-state index contributed by atoms with van der Waals surface area (Å²) in [5.74, 6) is 0.379. The number of nitrogens with one attached hydrogen (secondary N) is 1. The van der Waals surface area contributed by atoms with Crippen LogP contribution in [0.2, 0.25) is 0 Å². The van der Waals surface area contributed by atoms with Crippen molar-refractivity contribution < 1.29 is 4.79 Å². The van der Waals surface area contributed by atoms with Crippen molar-refractivity contribution in [2.45, 2.75) is 26.4 Å². The monoisotopic (exact) mass is 348 g/mol. The molecule has 1 amide bonds. The molecular formula is C19H20N6O. The first-order valence-corrected chi connectivity index (χ1v) is 8.49. The van der Waals surface area contributed by atoms with E-state index in [1.807, 2.05) is 68.3 Å². The van der Waals surface area contributed by atoms with Crippen LogP contribution in [-0.4, -0.2) is 38.1 Å². The Morgan fingerprint density at radius 1 is 1.15 bits per heavy atom. The predicted octanol–water partition coefficient (Wildman–Crippen LogP) is 2.40. The largest absolute Gasteiger partial charge is 0.322 e. The average molecular weight is 348 g/mol. The number of rotatable bonds is 3. The average Bonchev–Trinajstić information content (AvgIpc) is 3.04. The first kappa shape index (κ1) is 16.4. The van der Waals surface area contributed by atoms with E-state index >= 15 is 0 Å². The van der Waals surface area contributed by atoms with Crippen molar-refractivity contribution in [3.05, 3.63) is 65.0 Å². The number of carbonyl (C=O) groups excluding carboxylic acids is 1. The van der Waals surface area contributed by atoms with Gasteiger partial charge in [0.25, 0.3) is 0 Å². The van der Waals surface area contributed by atoms with Gasteiger partial charge in [-0.1, -0.05) is 30.3 Å². The van der Waals surface area contributed by atoms with Gasteiger partial charge < -0.3 is 5.32 Å². The summed E-state index contributed by atoms with van der Waals surface area (Å²) in [6.07, 6.45) is 0. The number of aryl methyl sites for hydroxylation is 2. The van der Waals surface area contributed by atoms with E-state index in [1.165, 1.54) is 0 Å². The highest BCUT2D eigenvalue weighted by Crippen LogP contribution is 2.32. The van der Waals surface area contributed by atoms with E-state index in [0.29, 0.717) is 12.4 Å². The molecule has 1 aromatic heterocycles. The molecule has 3 aromatic rings. The van der Waals surface area contributed by atoms with Crippen molar-refractivity contribution in [1.82, 2.24) is 25.1 Å². The van der Waals surface area contributed by atoms with Crippen LogP contribution in [0.3, 0.4) is 0 Å². The molecule has 1 unspecified atom stereocenters. The van der Waals surface area contributed by atoms with Gasteiger partial charge in [0.05, 0.1) is 11.4 Å². The van der Waals surface area contributed by atoms with Crippen LogP contribution in [0.4, 0.5) is 5.69 Å². The Morgan fingerprint density at radius 3 is 2.65 bits per heavy atom. The zero-order chi connectivity index (χ0) is 18.3. The molecule has 0 saturated carbocycles. The number of tetrazole rings is 1. The van der Waals surface area contributed by atoms with Crippen LogP contribution >= 0.6 is 0 Å². The topological polar surface area (TPSA) is 75.9 Å². The maximum Gasteiger partial charge on any atom is 0.249 e. The van der Waals surface area contributed by atoms with Gasteiger partial charge in [0.2, 0.25) is 5.91 Å². The maximum absolute atomic E-state index is 13.0. The molecule has 1 aliphatic heterocycles. The van der Waals surface area contributed by atoms with Crippen molar-refractivity contribution in [2.24, 2.45) is 0 Å². The van der Waals surface area contributed by atoms with Crippen LogP contribution in [0.25, 0.3) is 5.69 Å². The Balaban J connectivity index is 1.76. The number of fused-ring (bicyclic) bond motifs is 3. The summed E-state index contributed by atoms with van der Waals surface area (Å²) in [6.45, 7) is 4.66. The fourth-order valence-electron chi connectivity index (χ4n) is 3.29. The Morgan fingerprint density at radius 2 is 1.88 bits per heavy atom. The van der Waals surface area contributed by atoms with Crippen LogP contribution < -0.4 is 5.32 Å². The molecule has 2 aromatic carbocycles. The number of amides is 1. The van der Waals surface area contributed by atoms with Crippen molar-refractivity contribution in [3.8, 4) is 5.69 Å². The third-order valence-electron chi connectivity index (χ3n) is 4.80. The third-order valence-corrected chi connectivity index (χ3v) is 4.80. The second-order valence-corrected chi connectivity index (χ2v) is 6.70. The van der Waals surface area contributed by atoms with Gasteiger partial charge in [-0.05, 0) is 60.1 Å². The highest BCUT2D eigenvalue weighted by atomic mass is 16.2. The molecule has 132 valence electrons. The summed E-state index contributed by atoms with van der Waals surface area (Å²) < 4.78 is 1.66. The van der Waals surface area contributed by atoms with Gasteiger partial charge in [-0.25, -0.2) is 0 Å². The second-order valence-electron chi connectivity index (χ2n) is 6.70. The van der Waals surface area contributed by atoms with E-state index in [9.17, 15) is 4.79 Å². The maximum atomic E-state index is 13.0. The smallest absolute Gasteiger partial charge is 0.249 e. The lowest BCUT2D eigenvalue weighted by Crippen LogP contribution is -2.34. The van der Waals surface area contributed by atoms with Crippen LogP contribution in [0.1, 0.15) is 28.6 Å². The molecule has 0 fully saturated rings. The predicted molar refractivity (Wildman–Crippen MR) is 97.9 cm³/mol. The van der Waals surface area contributed by atoms with Gasteiger partial charge in [0.1, 0.15) is 0 Å². The molecular weight excluding hydrogens is 328 g/mol. The Kier molecular flexibility index (Phi) is 4.00. The summed E-state index contributed by atoms with van der Waals surface area (Å²) in [4.78, 5) is 15.0.